The fraction of sp³-hybridized carbons (Fsp3) is 0.278. The van der Waals surface area contributed by atoms with E-state index in [1.54, 1.807) is 19.4 Å². The average Bonchev–Trinajstić information content (AvgIpc) is 3.10. The molecule has 0 saturated carbocycles. The van der Waals surface area contributed by atoms with Gasteiger partial charge in [0.1, 0.15) is 5.75 Å². The molecule has 0 radical (unpaired) electrons. The minimum absolute atomic E-state index is 0.00500. The van der Waals surface area contributed by atoms with Crippen molar-refractivity contribution in [1.82, 2.24) is 4.98 Å². The molecule has 0 fully saturated rings. The Morgan fingerprint density at radius 2 is 2.21 bits per heavy atom. The van der Waals surface area contributed by atoms with E-state index in [2.05, 4.69) is 22.5 Å². The van der Waals surface area contributed by atoms with Crippen molar-refractivity contribution in [3.05, 3.63) is 70.1 Å². The monoisotopic (exact) mass is 323 g/mol. The van der Waals surface area contributed by atoms with Crippen molar-refractivity contribution in [3.63, 3.8) is 0 Å². The molecule has 1 aromatic carbocycles. The van der Waals surface area contributed by atoms with Gasteiger partial charge >= 0.3 is 0 Å². The zero-order valence-electron chi connectivity index (χ0n) is 13.2. The Morgan fingerprint density at radius 1 is 1.33 bits per heavy atom. The summed E-state index contributed by atoms with van der Waals surface area (Å²) < 4.78 is 5.45. The quantitative estimate of drug-likeness (QED) is 0.528. The summed E-state index contributed by atoms with van der Waals surface area (Å²) in [6.07, 6.45) is 6.82. The van der Waals surface area contributed by atoms with Crippen molar-refractivity contribution < 1.29 is 9.66 Å². The first-order chi connectivity index (χ1) is 11.7. The molecule has 1 N–H and O–H groups in total. The molecule has 0 bridgehead atoms. The third-order valence-electron chi connectivity index (χ3n) is 4.88. The van der Waals surface area contributed by atoms with Gasteiger partial charge in [-0.25, -0.2) is 0 Å². The predicted molar refractivity (Wildman–Crippen MR) is 90.2 cm³/mol. The topological polar surface area (TPSA) is 77.3 Å². The van der Waals surface area contributed by atoms with E-state index in [0.29, 0.717) is 17.0 Å². The highest BCUT2D eigenvalue weighted by atomic mass is 16.6. The van der Waals surface area contributed by atoms with Gasteiger partial charge in [-0.1, -0.05) is 18.2 Å². The summed E-state index contributed by atoms with van der Waals surface area (Å²) in [5.74, 6) is 0.817. The number of nitro groups is 1. The minimum atomic E-state index is -0.315. The van der Waals surface area contributed by atoms with E-state index in [1.165, 1.54) is 6.07 Å². The standard InChI is InChI=1S/C18H17N3O3/c1-24-15-9-8-14(21(22)23)16-11-5-4-6-12(11)17(20-18(15)16)13-7-2-3-10-19-13/h2-5,7-12,17,20H,6H2,1H3/t11-,12+,17+/m1/s1. The molecule has 1 aliphatic carbocycles. The van der Waals surface area contributed by atoms with E-state index in [-0.39, 0.29) is 28.5 Å². The number of hydrogen-bond donors (Lipinski definition) is 1. The molecule has 3 atom stereocenters. The van der Waals surface area contributed by atoms with Gasteiger partial charge in [0.05, 0.1) is 35.0 Å². The number of rotatable bonds is 3. The van der Waals surface area contributed by atoms with E-state index >= 15 is 0 Å². The summed E-state index contributed by atoms with van der Waals surface area (Å²) in [6.45, 7) is 0. The first-order valence-electron chi connectivity index (χ1n) is 7.90. The van der Waals surface area contributed by atoms with E-state index < -0.39 is 0 Å². The van der Waals surface area contributed by atoms with E-state index in [9.17, 15) is 10.1 Å². The lowest BCUT2D eigenvalue weighted by molar-refractivity contribution is -0.385. The molecule has 1 aromatic heterocycles. The van der Waals surface area contributed by atoms with Crippen molar-refractivity contribution in [2.24, 2.45) is 5.92 Å². The SMILES string of the molecule is COc1ccc([N+](=O)[O-])c2c1N[C@H](c1ccccn1)[C@H]1CC=C[C@@H]21. The molecule has 2 heterocycles. The molecule has 24 heavy (non-hydrogen) atoms. The Labute approximate surface area is 139 Å². The third-order valence-corrected chi connectivity index (χ3v) is 4.88. The number of allylic oxidation sites excluding steroid dienone is 2. The van der Waals surface area contributed by atoms with E-state index in [1.807, 2.05) is 18.2 Å². The first kappa shape index (κ1) is 14.7. The Hall–Kier alpha value is -2.89. The fourth-order valence-electron chi connectivity index (χ4n) is 3.85. The van der Waals surface area contributed by atoms with Crippen molar-refractivity contribution in [2.45, 2.75) is 18.4 Å². The first-order valence-corrected chi connectivity index (χ1v) is 7.90. The van der Waals surface area contributed by atoms with E-state index in [4.69, 9.17) is 4.74 Å². The molecule has 0 saturated heterocycles. The molecular weight excluding hydrogens is 306 g/mol. The van der Waals surface area contributed by atoms with Gasteiger partial charge in [-0.15, -0.1) is 0 Å². The summed E-state index contributed by atoms with van der Waals surface area (Å²) in [6, 6.07) is 9.01. The summed E-state index contributed by atoms with van der Waals surface area (Å²) in [5.41, 5.74) is 2.50. The number of anilines is 1. The molecule has 4 rings (SSSR count). The number of fused-ring (bicyclic) bond motifs is 3. The normalized spacial score (nSPS) is 24.0. The molecule has 2 aromatic rings. The van der Waals surface area contributed by atoms with Crippen LogP contribution in [0.1, 0.15) is 29.6 Å². The number of nitrogens with zero attached hydrogens (tertiary/aromatic N) is 2. The highest BCUT2D eigenvalue weighted by molar-refractivity contribution is 5.73. The molecule has 6 nitrogen and oxygen atoms in total. The number of methoxy groups -OCH3 is 1. The van der Waals surface area contributed by atoms with Crippen LogP contribution in [-0.2, 0) is 0 Å². The maximum absolute atomic E-state index is 11.5. The Kier molecular flexibility index (Phi) is 3.45. The summed E-state index contributed by atoms with van der Waals surface area (Å²) in [4.78, 5) is 15.7. The zero-order valence-corrected chi connectivity index (χ0v) is 13.2. The molecule has 6 heteroatoms. The number of aromatic nitrogens is 1. The minimum Gasteiger partial charge on any atom is -0.495 e. The highest BCUT2D eigenvalue weighted by Gasteiger charge is 2.43. The second-order valence-corrected chi connectivity index (χ2v) is 6.06. The smallest absolute Gasteiger partial charge is 0.275 e. The summed E-state index contributed by atoms with van der Waals surface area (Å²) in [7, 11) is 1.58. The van der Waals surface area contributed by atoms with Gasteiger partial charge in [-0.3, -0.25) is 15.1 Å². The van der Waals surface area contributed by atoms with Gasteiger partial charge in [-0.05, 0) is 30.5 Å². The van der Waals surface area contributed by atoms with Crippen molar-refractivity contribution >= 4 is 11.4 Å². The van der Waals surface area contributed by atoms with E-state index in [0.717, 1.165) is 12.1 Å². The van der Waals surface area contributed by atoms with Gasteiger partial charge in [0.15, 0.2) is 0 Å². The number of benzene rings is 1. The molecule has 122 valence electrons. The average molecular weight is 323 g/mol. The van der Waals surface area contributed by atoms with Crippen LogP contribution in [0.25, 0.3) is 0 Å². The molecule has 0 spiro atoms. The second kappa shape index (κ2) is 5.63. The van der Waals surface area contributed by atoms with Crippen LogP contribution < -0.4 is 10.1 Å². The van der Waals surface area contributed by atoms with Crippen LogP contribution in [0.5, 0.6) is 5.75 Å². The van der Waals surface area contributed by atoms with Gasteiger partial charge in [0.2, 0.25) is 0 Å². The largest absolute Gasteiger partial charge is 0.495 e. The van der Waals surface area contributed by atoms with Gasteiger partial charge < -0.3 is 10.1 Å². The molecule has 2 aliphatic rings. The van der Waals surface area contributed by atoms with Crippen LogP contribution in [0.2, 0.25) is 0 Å². The predicted octanol–water partition coefficient (Wildman–Crippen LogP) is 3.82. The number of ether oxygens (including phenoxy) is 1. The third kappa shape index (κ3) is 2.14. The highest BCUT2D eigenvalue weighted by Crippen LogP contribution is 2.54. The lowest BCUT2D eigenvalue weighted by Crippen LogP contribution is -2.30. The van der Waals surface area contributed by atoms with Crippen molar-refractivity contribution in [2.75, 3.05) is 12.4 Å². The van der Waals surface area contributed by atoms with Gasteiger partial charge in [0.25, 0.3) is 5.69 Å². The van der Waals surface area contributed by atoms with Crippen molar-refractivity contribution in [1.29, 1.82) is 0 Å². The van der Waals surface area contributed by atoms with Crippen LogP contribution >= 0.6 is 0 Å². The zero-order chi connectivity index (χ0) is 16.7. The Bertz CT molecular complexity index is 820. The lowest BCUT2D eigenvalue weighted by atomic mass is 9.77. The molecular formula is C18H17N3O3. The van der Waals surface area contributed by atoms with Gasteiger partial charge in [-0.2, -0.15) is 0 Å². The number of nitrogens with one attached hydrogen (secondary N) is 1. The van der Waals surface area contributed by atoms with Crippen LogP contribution in [0.3, 0.4) is 0 Å². The van der Waals surface area contributed by atoms with Crippen molar-refractivity contribution in [3.8, 4) is 5.75 Å². The second-order valence-electron chi connectivity index (χ2n) is 6.06. The summed E-state index contributed by atoms with van der Waals surface area (Å²) >= 11 is 0. The van der Waals surface area contributed by atoms with Crippen LogP contribution in [-0.4, -0.2) is 17.0 Å². The number of pyridine rings is 1. The molecule has 0 amide bonds. The van der Waals surface area contributed by atoms with Crippen LogP contribution in [0.4, 0.5) is 11.4 Å². The number of hydrogen-bond acceptors (Lipinski definition) is 5. The Morgan fingerprint density at radius 3 is 2.92 bits per heavy atom. The fourth-order valence-corrected chi connectivity index (χ4v) is 3.85. The van der Waals surface area contributed by atoms with Gasteiger partial charge in [0, 0.05) is 18.2 Å². The lowest BCUT2D eigenvalue weighted by Gasteiger charge is -2.37. The maximum Gasteiger partial charge on any atom is 0.275 e. The molecule has 1 aliphatic heterocycles. The Balaban J connectivity index is 1.90. The maximum atomic E-state index is 11.5. The number of nitro benzene ring substituents is 1. The van der Waals surface area contributed by atoms with Crippen LogP contribution in [0, 0.1) is 16.0 Å². The summed E-state index contributed by atoms with van der Waals surface area (Å²) in [5, 5.41) is 15.0. The molecule has 0 unspecified atom stereocenters. The van der Waals surface area contributed by atoms with Crippen LogP contribution in [0.15, 0.2) is 48.7 Å².